The number of sulfonamides is 1. The summed E-state index contributed by atoms with van der Waals surface area (Å²) in [5.74, 6) is -2.35. The molecule has 0 saturated carbocycles. The number of carboxylic acid groups (broad SMARTS) is 1. The zero-order valence-corrected chi connectivity index (χ0v) is 13.1. The molecule has 1 rings (SSSR count). The SMILES string of the molecule is CC(=O)NS(=O)(=O)c1ccc(NC(=O)CCC(N)C(=O)O)cc1. The first-order chi connectivity index (χ1) is 10.6. The number of benzene rings is 1. The predicted molar refractivity (Wildman–Crippen MR) is 80.9 cm³/mol. The van der Waals surface area contributed by atoms with E-state index in [4.69, 9.17) is 10.8 Å². The van der Waals surface area contributed by atoms with E-state index in [2.05, 4.69) is 5.32 Å². The molecular weight excluding hydrogens is 326 g/mol. The molecule has 0 saturated heterocycles. The van der Waals surface area contributed by atoms with Crippen molar-refractivity contribution < 1.29 is 27.9 Å². The van der Waals surface area contributed by atoms with Crippen molar-refractivity contribution in [2.45, 2.75) is 30.7 Å². The highest BCUT2D eigenvalue weighted by atomic mass is 32.2. The summed E-state index contributed by atoms with van der Waals surface area (Å²) in [5.41, 5.74) is 5.62. The number of carbonyl (C=O) groups is 3. The second-order valence-corrected chi connectivity index (χ2v) is 6.40. The van der Waals surface area contributed by atoms with Crippen molar-refractivity contribution in [1.29, 1.82) is 0 Å². The van der Waals surface area contributed by atoms with Crippen LogP contribution in [-0.2, 0) is 24.4 Å². The van der Waals surface area contributed by atoms with Gasteiger partial charge in [-0.1, -0.05) is 0 Å². The molecule has 10 heteroatoms. The van der Waals surface area contributed by atoms with Crippen LogP contribution < -0.4 is 15.8 Å². The molecule has 1 unspecified atom stereocenters. The van der Waals surface area contributed by atoms with Crippen molar-refractivity contribution in [3.63, 3.8) is 0 Å². The van der Waals surface area contributed by atoms with Crippen LogP contribution in [0.5, 0.6) is 0 Å². The maximum Gasteiger partial charge on any atom is 0.320 e. The van der Waals surface area contributed by atoms with Gasteiger partial charge < -0.3 is 16.2 Å². The summed E-state index contributed by atoms with van der Waals surface area (Å²) in [6, 6.07) is 4.03. The lowest BCUT2D eigenvalue weighted by atomic mass is 10.1. The molecule has 5 N–H and O–H groups in total. The Kier molecular flexibility index (Phi) is 6.22. The second-order valence-electron chi connectivity index (χ2n) is 4.72. The molecule has 0 spiro atoms. The van der Waals surface area contributed by atoms with E-state index >= 15 is 0 Å². The summed E-state index contributed by atoms with van der Waals surface area (Å²) in [7, 11) is -3.93. The molecule has 0 bridgehead atoms. The molecule has 9 nitrogen and oxygen atoms in total. The van der Waals surface area contributed by atoms with E-state index in [-0.39, 0.29) is 17.7 Å². The lowest BCUT2D eigenvalue weighted by Crippen LogP contribution is -2.31. The number of rotatable bonds is 7. The van der Waals surface area contributed by atoms with Crippen LogP contribution in [0, 0.1) is 0 Å². The predicted octanol–water partition coefficient (Wildman–Crippen LogP) is -0.358. The first-order valence-electron chi connectivity index (χ1n) is 6.53. The molecule has 1 aromatic carbocycles. The van der Waals surface area contributed by atoms with Crippen molar-refractivity contribution in [1.82, 2.24) is 4.72 Å². The topological polar surface area (TPSA) is 156 Å². The third kappa shape index (κ3) is 6.04. The van der Waals surface area contributed by atoms with Gasteiger partial charge in [0.25, 0.3) is 10.0 Å². The van der Waals surface area contributed by atoms with Crippen LogP contribution in [0.4, 0.5) is 5.69 Å². The molecule has 0 aromatic heterocycles. The van der Waals surface area contributed by atoms with Crippen molar-refractivity contribution in [2.75, 3.05) is 5.32 Å². The minimum Gasteiger partial charge on any atom is -0.480 e. The largest absolute Gasteiger partial charge is 0.480 e. The van der Waals surface area contributed by atoms with Crippen molar-refractivity contribution >= 4 is 33.5 Å². The third-order valence-corrected chi connectivity index (χ3v) is 4.18. The van der Waals surface area contributed by atoms with Gasteiger partial charge in [-0.3, -0.25) is 14.4 Å². The first-order valence-corrected chi connectivity index (χ1v) is 8.02. The second kappa shape index (κ2) is 7.70. The van der Waals surface area contributed by atoms with Gasteiger partial charge in [0, 0.05) is 19.0 Å². The third-order valence-electron chi connectivity index (χ3n) is 2.73. The van der Waals surface area contributed by atoms with Gasteiger partial charge in [0.2, 0.25) is 11.8 Å². The van der Waals surface area contributed by atoms with Crippen molar-refractivity contribution in [3.8, 4) is 0 Å². The van der Waals surface area contributed by atoms with Gasteiger partial charge >= 0.3 is 5.97 Å². The van der Waals surface area contributed by atoms with Gasteiger partial charge in [0.05, 0.1) is 4.90 Å². The van der Waals surface area contributed by atoms with E-state index in [1.807, 2.05) is 4.72 Å². The van der Waals surface area contributed by atoms with Crippen LogP contribution in [0.15, 0.2) is 29.2 Å². The molecule has 23 heavy (non-hydrogen) atoms. The Hall–Kier alpha value is -2.46. The lowest BCUT2D eigenvalue weighted by molar-refractivity contribution is -0.138. The number of carbonyl (C=O) groups excluding carboxylic acids is 2. The molecule has 2 amide bonds. The van der Waals surface area contributed by atoms with E-state index in [1.54, 1.807) is 0 Å². The molecule has 1 atom stereocenters. The van der Waals surface area contributed by atoms with E-state index in [0.29, 0.717) is 5.69 Å². The maximum absolute atomic E-state index is 11.7. The van der Waals surface area contributed by atoms with Crippen LogP contribution in [-0.4, -0.2) is 37.3 Å². The van der Waals surface area contributed by atoms with Gasteiger partial charge in [0.15, 0.2) is 0 Å². The fourth-order valence-corrected chi connectivity index (χ4v) is 2.59. The highest BCUT2D eigenvalue weighted by Gasteiger charge is 2.16. The van der Waals surface area contributed by atoms with Gasteiger partial charge in [-0.05, 0) is 30.7 Å². The zero-order valence-electron chi connectivity index (χ0n) is 12.3. The summed E-state index contributed by atoms with van der Waals surface area (Å²) in [6.07, 6.45) is -0.102. The van der Waals surface area contributed by atoms with E-state index in [9.17, 15) is 22.8 Å². The molecule has 1 aromatic rings. The summed E-state index contributed by atoms with van der Waals surface area (Å²) >= 11 is 0. The highest BCUT2D eigenvalue weighted by Crippen LogP contribution is 2.14. The van der Waals surface area contributed by atoms with Crippen molar-refractivity contribution in [3.05, 3.63) is 24.3 Å². The number of amides is 2. The maximum atomic E-state index is 11.7. The monoisotopic (exact) mass is 343 g/mol. The van der Waals surface area contributed by atoms with Crippen LogP contribution in [0.25, 0.3) is 0 Å². The van der Waals surface area contributed by atoms with Crippen LogP contribution in [0.1, 0.15) is 19.8 Å². The molecule has 0 radical (unpaired) electrons. The van der Waals surface area contributed by atoms with Gasteiger partial charge in [-0.2, -0.15) is 0 Å². The summed E-state index contributed by atoms with van der Waals surface area (Å²) in [4.78, 5) is 32.9. The Balaban J connectivity index is 2.65. The van der Waals surface area contributed by atoms with Gasteiger partial charge in [0.1, 0.15) is 6.04 Å². The number of nitrogens with two attached hydrogens (primary N) is 1. The van der Waals surface area contributed by atoms with Gasteiger partial charge in [-0.15, -0.1) is 0 Å². The van der Waals surface area contributed by atoms with Crippen LogP contribution >= 0.6 is 0 Å². The molecule has 0 aliphatic heterocycles. The Bertz CT molecular complexity index is 699. The smallest absolute Gasteiger partial charge is 0.320 e. The number of hydrogen-bond donors (Lipinski definition) is 4. The lowest BCUT2D eigenvalue weighted by Gasteiger charge is -2.09. The molecular formula is C13H17N3O6S. The number of carboxylic acids is 1. The summed E-state index contributed by atoms with van der Waals surface area (Å²) in [6.45, 7) is 1.08. The zero-order chi connectivity index (χ0) is 17.6. The Morgan fingerprint density at radius 3 is 2.26 bits per heavy atom. The fraction of sp³-hybridized carbons (Fsp3) is 0.308. The van der Waals surface area contributed by atoms with Gasteiger partial charge in [-0.25, -0.2) is 13.1 Å². The van der Waals surface area contributed by atoms with Crippen LogP contribution in [0.3, 0.4) is 0 Å². The van der Waals surface area contributed by atoms with E-state index in [1.165, 1.54) is 24.3 Å². The summed E-state index contributed by atoms with van der Waals surface area (Å²) in [5, 5.41) is 11.1. The first kappa shape index (κ1) is 18.6. The highest BCUT2D eigenvalue weighted by molar-refractivity contribution is 7.90. The molecule has 0 aliphatic carbocycles. The normalized spacial score (nSPS) is 12.3. The molecule has 126 valence electrons. The Morgan fingerprint density at radius 1 is 1.22 bits per heavy atom. The standard InChI is InChI=1S/C13H17N3O6S/c1-8(17)16-23(21,22)10-4-2-9(3-5-10)15-12(18)7-6-11(14)13(19)20/h2-5,11H,6-7,14H2,1H3,(H,15,18)(H,16,17)(H,19,20). The number of nitrogens with one attached hydrogen (secondary N) is 2. The molecule has 0 fully saturated rings. The number of hydrogen-bond acceptors (Lipinski definition) is 6. The fourth-order valence-electron chi connectivity index (χ4n) is 1.60. The minimum absolute atomic E-state index is 0.0177. The van der Waals surface area contributed by atoms with E-state index in [0.717, 1.165) is 6.92 Å². The number of aliphatic carboxylic acids is 1. The molecule has 0 aliphatic rings. The Labute approximate surface area is 132 Å². The average Bonchev–Trinajstić information content (AvgIpc) is 2.43. The van der Waals surface area contributed by atoms with E-state index < -0.39 is 33.8 Å². The number of anilines is 1. The summed E-state index contributed by atoms with van der Waals surface area (Å²) < 4.78 is 25.3. The quantitative estimate of drug-likeness (QED) is 0.527. The average molecular weight is 343 g/mol. The van der Waals surface area contributed by atoms with Crippen LogP contribution in [0.2, 0.25) is 0 Å². The molecule has 0 heterocycles. The Morgan fingerprint density at radius 2 is 1.78 bits per heavy atom. The van der Waals surface area contributed by atoms with Crippen molar-refractivity contribution in [2.24, 2.45) is 5.73 Å². The minimum atomic E-state index is -3.93.